The molecule has 35 heavy (non-hydrogen) atoms. The lowest BCUT2D eigenvalue weighted by Crippen LogP contribution is -2.40. The van der Waals surface area contributed by atoms with Gasteiger partial charge in [-0.1, -0.05) is 6.07 Å². The highest BCUT2D eigenvalue weighted by Gasteiger charge is 2.57. The van der Waals surface area contributed by atoms with Crippen molar-refractivity contribution in [2.45, 2.75) is 31.5 Å². The Bertz CT molecular complexity index is 1090. The molecule has 0 bridgehead atoms. The van der Waals surface area contributed by atoms with Crippen molar-refractivity contribution in [2.24, 2.45) is 5.92 Å². The van der Waals surface area contributed by atoms with Crippen molar-refractivity contribution < 1.29 is 44.7 Å². The Morgan fingerprint density at radius 1 is 0.886 bits per heavy atom. The lowest BCUT2D eigenvalue weighted by molar-refractivity contribution is -0.284. The number of halogens is 8. The molecule has 0 saturated heterocycles. The molecule has 0 radical (unpaired) electrons. The first-order valence-electron chi connectivity index (χ1n) is 10.0. The summed E-state index contributed by atoms with van der Waals surface area (Å²) in [5.41, 5.74) is 0.951. The lowest BCUT2D eigenvalue weighted by Gasteiger charge is -2.22. The standard InChI is InChI=1S/C21H18F8N4O2/c22-11-2-3-13(23)12(6-11)19(35)31-9-17-32-14-4-1-10(5-15(14)33-17)8-30-18(34)7-16(20(24,25)26)21(27,28)29/h1-6,16-17,32-33H,7-9H2,(H,30,34)(H,31,35). The molecule has 0 saturated carbocycles. The molecule has 0 aliphatic carbocycles. The zero-order chi connectivity index (χ0) is 26.0. The molecule has 190 valence electrons. The summed E-state index contributed by atoms with van der Waals surface area (Å²) >= 11 is 0. The SMILES string of the molecule is O=C(CC(C(F)(F)F)C(F)(F)F)NCc1ccc2c(c1)NC(CNC(=O)c1cc(F)ccc1F)N2. The van der Waals surface area contributed by atoms with Crippen LogP contribution in [0.1, 0.15) is 22.3 Å². The van der Waals surface area contributed by atoms with Crippen LogP contribution < -0.4 is 21.3 Å². The molecule has 2 amide bonds. The highest BCUT2D eigenvalue weighted by atomic mass is 19.4. The van der Waals surface area contributed by atoms with Crippen molar-refractivity contribution in [3.8, 4) is 0 Å². The van der Waals surface area contributed by atoms with E-state index in [9.17, 15) is 44.7 Å². The lowest BCUT2D eigenvalue weighted by atomic mass is 10.0. The van der Waals surface area contributed by atoms with Crippen LogP contribution in [0.2, 0.25) is 0 Å². The maximum Gasteiger partial charge on any atom is 0.400 e. The van der Waals surface area contributed by atoms with E-state index >= 15 is 0 Å². The van der Waals surface area contributed by atoms with E-state index in [0.717, 1.165) is 18.2 Å². The minimum absolute atomic E-state index is 0.0498. The van der Waals surface area contributed by atoms with Crippen LogP contribution in [-0.4, -0.2) is 36.9 Å². The summed E-state index contributed by atoms with van der Waals surface area (Å²) in [7, 11) is 0. The molecule has 1 unspecified atom stereocenters. The third-order valence-corrected chi connectivity index (χ3v) is 5.05. The van der Waals surface area contributed by atoms with Gasteiger partial charge in [0.2, 0.25) is 5.91 Å². The highest BCUT2D eigenvalue weighted by molar-refractivity contribution is 5.94. The van der Waals surface area contributed by atoms with Crippen LogP contribution in [0.15, 0.2) is 36.4 Å². The fourth-order valence-electron chi connectivity index (χ4n) is 3.30. The Hall–Kier alpha value is -3.58. The quantitative estimate of drug-likeness (QED) is 0.419. The summed E-state index contributed by atoms with van der Waals surface area (Å²) in [6.45, 7) is -0.373. The Morgan fingerprint density at radius 3 is 2.20 bits per heavy atom. The molecule has 2 aromatic rings. The molecular weight excluding hydrogens is 492 g/mol. The maximum atomic E-state index is 13.7. The Kier molecular flexibility index (Phi) is 7.41. The molecule has 1 aliphatic rings. The summed E-state index contributed by atoms with van der Waals surface area (Å²) < 4.78 is 103. The topological polar surface area (TPSA) is 82.3 Å². The van der Waals surface area contributed by atoms with Crippen LogP contribution in [0.3, 0.4) is 0 Å². The predicted octanol–water partition coefficient (Wildman–Crippen LogP) is 4.31. The van der Waals surface area contributed by atoms with Gasteiger partial charge in [-0.15, -0.1) is 0 Å². The predicted molar refractivity (Wildman–Crippen MR) is 108 cm³/mol. The van der Waals surface area contributed by atoms with Crippen molar-refractivity contribution in [3.05, 3.63) is 59.2 Å². The smallest absolute Gasteiger partial charge is 0.362 e. The Balaban J connectivity index is 1.53. The largest absolute Gasteiger partial charge is 0.400 e. The summed E-state index contributed by atoms with van der Waals surface area (Å²) in [5, 5.41) is 10.4. The van der Waals surface area contributed by atoms with Crippen LogP contribution in [0.4, 0.5) is 46.5 Å². The van der Waals surface area contributed by atoms with Crippen molar-refractivity contribution in [3.63, 3.8) is 0 Å². The van der Waals surface area contributed by atoms with Gasteiger partial charge in [0, 0.05) is 13.0 Å². The number of rotatable bonds is 7. The number of benzene rings is 2. The fraction of sp³-hybridized carbons (Fsp3) is 0.333. The average Bonchev–Trinajstić information content (AvgIpc) is 3.16. The van der Waals surface area contributed by atoms with E-state index in [0.29, 0.717) is 16.9 Å². The summed E-state index contributed by atoms with van der Waals surface area (Å²) in [6.07, 6.45) is -13.6. The minimum atomic E-state index is -5.61. The van der Waals surface area contributed by atoms with Crippen molar-refractivity contribution in [2.75, 3.05) is 17.2 Å². The number of carbonyl (C=O) groups is 2. The number of fused-ring (bicyclic) bond motifs is 1. The number of alkyl halides is 6. The van der Waals surface area contributed by atoms with Crippen LogP contribution in [-0.2, 0) is 11.3 Å². The molecule has 6 nitrogen and oxygen atoms in total. The van der Waals surface area contributed by atoms with Crippen molar-refractivity contribution in [1.29, 1.82) is 0 Å². The molecule has 0 aromatic heterocycles. The van der Waals surface area contributed by atoms with Gasteiger partial charge in [-0.25, -0.2) is 8.78 Å². The van der Waals surface area contributed by atoms with E-state index in [4.69, 9.17) is 0 Å². The first-order valence-corrected chi connectivity index (χ1v) is 10.0. The molecule has 4 N–H and O–H groups in total. The minimum Gasteiger partial charge on any atom is -0.362 e. The number of amides is 2. The molecule has 0 spiro atoms. The van der Waals surface area contributed by atoms with Crippen molar-refractivity contribution >= 4 is 23.2 Å². The van der Waals surface area contributed by atoms with E-state index in [1.807, 2.05) is 5.32 Å². The molecule has 2 aromatic carbocycles. The summed E-state index contributed by atoms with van der Waals surface area (Å²) in [5.74, 6) is -7.71. The normalized spacial score (nSPS) is 15.3. The maximum absolute atomic E-state index is 13.7. The number of nitrogens with one attached hydrogen (secondary N) is 4. The second-order valence-corrected chi connectivity index (χ2v) is 7.67. The third kappa shape index (κ3) is 6.73. The van der Waals surface area contributed by atoms with Crippen LogP contribution in [0.25, 0.3) is 0 Å². The average molecular weight is 510 g/mol. The zero-order valence-electron chi connectivity index (χ0n) is 17.6. The van der Waals surface area contributed by atoms with Gasteiger partial charge in [-0.05, 0) is 35.9 Å². The van der Waals surface area contributed by atoms with Gasteiger partial charge in [-0.3, -0.25) is 9.59 Å². The van der Waals surface area contributed by atoms with Gasteiger partial charge in [0.1, 0.15) is 17.8 Å². The first kappa shape index (κ1) is 26.0. The van der Waals surface area contributed by atoms with Crippen molar-refractivity contribution in [1.82, 2.24) is 10.6 Å². The van der Waals surface area contributed by atoms with Crippen LogP contribution >= 0.6 is 0 Å². The molecular formula is C21H18F8N4O2. The second-order valence-electron chi connectivity index (χ2n) is 7.67. The number of hydrogen-bond donors (Lipinski definition) is 4. The van der Waals surface area contributed by atoms with Gasteiger partial charge in [-0.2, -0.15) is 26.3 Å². The van der Waals surface area contributed by atoms with E-state index in [1.165, 1.54) is 12.1 Å². The van der Waals surface area contributed by atoms with Gasteiger partial charge in [0.05, 0.1) is 23.5 Å². The van der Waals surface area contributed by atoms with Gasteiger partial charge < -0.3 is 21.3 Å². The van der Waals surface area contributed by atoms with Crippen LogP contribution in [0, 0.1) is 17.6 Å². The molecule has 14 heteroatoms. The van der Waals surface area contributed by atoms with Crippen LogP contribution in [0.5, 0.6) is 0 Å². The van der Waals surface area contributed by atoms with E-state index in [2.05, 4.69) is 16.0 Å². The summed E-state index contributed by atoms with van der Waals surface area (Å²) in [4.78, 5) is 23.8. The highest BCUT2D eigenvalue weighted by Crippen LogP contribution is 2.41. The molecule has 1 aliphatic heterocycles. The third-order valence-electron chi connectivity index (χ3n) is 5.05. The first-order chi connectivity index (χ1) is 16.2. The summed E-state index contributed by atoms with van der Waals surface area (Å²) in [6, 6.07) is 6.98. The number of anilines is 2. The number of carbonyl (C=O) groups excluding carboxylic acids is 2. The monoisotopic (exact) mass is 510 g/mol. The van der Waals surface area contributed by atoms with Gasteiger partial charge in [0.25, 0.3) is 5.91 Å². The van der Waals surface area contributed by atoms with Gasteiger partial charge >= 0.3 is 12.4 Å². The molecule has 0 fully saturated rings. The Labute approximate surface area is 193 Å². The fourth-order valence-corrected chi connectivity index (χ4v) is 3.30. The van der Waals surface area contributed by atoms with Gasteiger partial charge in [0.15, 0.2) is 5.92 Å². The molecule has 1 atom stereocenters. The van der Waals surface area contributed by atoms with E-state index < -0.39 is 59.9 Å². The molecule has 3 rings (SSSR count). The Morgan fingerprint density at radius 2 is 1.54 bits per heavy atom. The zero-order valence-corrected chi connectivity index (χ0v) is 17.6. The van der Waals surface area contributed by atoms with E-state index in [-0.39, 0.29) is 13.1 Å². The second kappa shape index (κ2) is 9.96. The van der Waals surface area contributed by atoms with E-state index in [1.54, 1.807) is 6.07 Å². The molecule has 1 heterocycles. The number of hydrogen-bond acceptors (Lipinski definition) is 4.